The van der Waals surface area contributed by atoms with E-state index in [-0.39, 0.29) is 43.4 Å². The maximum absolute atomic E-state index is 15.6. The molecule has 2 saturated heterocycles. The number of hydrogen-bond donors (Lipinski definition) is 1. The number of hydrogen-bond acceptors (Lipinski definition) is 6. The second-order valence-corrected chi connectivity index (χ2v) is 8.44. The van der Waals surface area contributed by atoms with Crippen molar-refractivity contribution < 1.29 is 28.2 Å². The van der Waals surface area contributed by atoms with Crippen molar-refractivity contribution in [2.75, 3.05) is 32.2 Å². The van der Waals surface area contributed by atoms with E-state index in [2.05, 4.69) is 5.32 Å². The first kappa shape index (κ1) is 21.7. The highest BCUT2D eigenvalue weighted by Gasteiger charge is 2.42. The Morgan fingerprint density at radius 3 is 2.42 bits per heavy atom. The Balaban J connectivity index is 1.55. The van der Waals surface area contributed by atoms with Gasteiger partial charge < -0.3 is 19.3 Å². The molecule has 9 heteroatoms. The molecule has 4 rings (SSSR count). The number of piperidine rings is 2. The summed E-state index contributed by atoms with van der Waals surface area (Å²) in [5.74, 6) is -1.35. The van der Waals surface area contributed by atoms with Crippen LogP contribution in [0.4, 0.5) is 10.1 Å². The summed E-state index contributed by atoms with van der Waals surface area (Å²) in [6.45, 7) is 3.15. The Bertz CT molecular complexity index is 909. The number of anilines is 1. The van der Waals surface area contributed by atoms with Crippen LogP contribution in [-0.2, 0) is 25.6 Å². The minimum Gasteiger partial charge on any atom is -0.369 e. The van der Waals surface area contributed by atoms with Crippen molar-refractivity contribution in [2.24, 2.45) is 5.92 Å². The maximum atomic E-state index is 15.6. The fraction of sp³-hybridized carbons (Fsp3) is 0.591. The lowest BCUT2D eigenvalue weighted by Gasteiger charge is -2.36. The first-order chi connectivity index (χ1) is 14.8. The van der Waals surface area contributed by atoms with Gasteiger partial charge in [0.15, 0.2) is 12.1 Å². The van der Waals surface area contributed by atoms with Crippen LogP contribution in [0.2, 0.25) is 0 Å². The van der Waals surface area contributed by atoms with E-state index in [9.17, 15) is 14.4 Å². The lowest BCUT2D eigenvalue weighted by molar-refractivity contribution is -0.141. The fourth-order valence-electron chi connectivity index (χ4n) is 5.03. The van der Waals surface area contributed by atoms with Crippen molar-refractivity contribution >= 4 is 23.4 Å². The molecule has 1 N–H and O–H groups in total. The van der Waals surface area contributed by atoms with Crippen LogP contribution in [0.5, 0.6) is 0 Å². The Hall–Kier alpha value is -2.52. The van der Waals surface area contributed by atoms with Crippen LogP contribution in [0.15, 0.2) is 6.07 Å². The van der Waals surface area contributed by atoms with Crippen molar-refractivity contribution in [3.8, 4) is 0 Å². The van der Waals surface area contributed by atoms with Gasteiger partial charge in [0.05, 0.1) is 17.8 Å². The minimum absolute atomic E-state index is 0.0346. The average molecular weight is 433 g/mol. The molecule has 0 aliphatic carbocycles. The zero-order chi connectivity index (χ0) is 22.3. The van der Waals surface area contributed by atoms with E-state index >= 15 is 4.39 Å². The van der Waals surface area contributed by atoms with Crippen molar-refractivity contribution in [1.82, 2.24) is 10.2 Å². The molecule has 1 aromatic rings. The zero-order valence-electron chi connectivity index (χ0n) is 18.1. The van der Waals surface area contributed by atoms with E-state index in [1.807, 2.05) is 4.90 Å². The quantitative estimate of drug-likeness (QED) is 0.562. The van der Waals surface area contributed by atoms with Crippen LogP contribution in [-0.4, -0.2) is 62.3 Å². The highest BCUT2D eigenvalue weighted by atomic mass is 19.1. The van der Waals surface area contributed by atoms with Gasteiger partial charge in [0.2, 0.25) is 11.8 Å². The predicted molar refractivity (Wildman–Crippen MR) is 110 cm³/mol. The molecule has 0 aromatic heterocycles. The fourth-order valence-corrected chi connectivity index (χ4v) is 5.03. The van der Waals surface area contributed by atoms with E-state index in [1.165, 1.54) is 4.90 Å². The molecule has 3 aliphatic heterocycles. The highest BCUT2D eigenvalue weighted by Crippen LogP contribution is 2.37. The van der Waals surface area contributed by atoms with Gasteiger partial charge in [-0.2, -0.15) is 0 Å². The molecule has 8 nitrogen and oxygen atoms in total. The summed E-state index contributed by atoms with van der Waals surface area (Å²) in [5, 5.41) is 2.27. The van der Waals surface area contributed by atoms with E-state index in [4.69, 9.17) is 9.47 Å². The number of imide groups is 1. The molecule has 31 heavy (non-hydrogen) atoms. The number of amides is 3. The number of carbonyl (C=O) groups is 3. The lowest BCUT2D eigenvalue weighted by Crippen LogP contribution is -2.52. The summed E-state index contributed by atoms with van der Waals surface area (Å²) < 4.78 is 26.3. The summed E-state index contributed by atoms with van der Waals surface area (Å²) in [6.07, 6.45) is 1.77. The van der Waals surface area contributed by atoms with Crippen LogP contribution in [0, 0.1) is 18.7 Å². The van der Waals surface area contributed by atoms with Crippen molar-refractivity contribution in [2.45, 2.75) is 51.5 Å². The normalized spacial score (nSPS) is 22.4. The molecule has 1 aromatic carbocycles. The topological polar surface area (TPSA) is 88.2 Å². The molecular formula is C22H28FN3O5. The first-order valence-corrected chi connectivity index (χ1v) is 10.6. The van der Waals surface area contributed by atoms with E-state index in [0.29, 0.717) is 35.5 Å². The SMILES string of the molecule is COC(OC)C1CCN(c2cc(C)c3c(c2F)CN(C2CCC(=O)NC2=O)C3=O)CC1. The Labute approximate surface area is 180 Å². The summed E-state index contributed by atoms with van der Waals surface area (Å²) >= 11 is 0. The van der Waals surface area contributed by atoms with Crippen LogP contribution in [0.1, 0.15) is 47.2 Å². The average Bonchev–Trinajstić information content (AvgIpc) is 3.10. The standard InChI is InChI=1S/C22H28FN3O5/c1-12-10-16(25-8-6-13(7-9-25)22(30-2)31-3)19(23)14-11-26(21(29)18(12)14)15-4-5-17(27)24-20(15)28/h10,13,15,22H,4-9,11H2,1-3H3,(H,24,27,28). The number of aryl methyl sites for hydroxylation is 1. The monoisotopic (exact) mass is 433 g/mol. The maximum Gasteiger partial charge on any atom is 0.255 e. The summed E-state index contributed by atoms with van der Waals surface area (Å²) in [7, 11) is 3.24. The molecule has 0 bridgehead atoms. The van der Waals surface area contributed by atoms with Gasteiger partial charge in [-0.05, 0) is 37.8 Å². The van der Waals surface area contributed by atoms with Gasteiger partial charge in [-0.1, -0.05) is 0 Å². The molecular weight excluding hydrogens is 405 g/mol. The molecule has 3 amide bonds. The number of methoxy groups -OCH3 is 2. The molecule has 1 atom stereocenters. The van der Waals surface area contributed by atoms with E-state index in [0.717, 1.165) is 12.8 Å². The van der Waals surface area contributed by atoms with Crippen LogP contribution in [0.25, 0.3) is 0 Å². The van der Waals surface area contributed by atoms with Crippen molar-refractivity contribution in [3.63, 3.8) is 0 Å². The third kappa shape index (κ3) is 3.80. The third-order valence-corrected chi connectivity index (χ3v) is 6.66. The molecule has 3 heterocycles. The van der Waals surface area contributed by atoms with E-state index < -0.39 is 17.8 Å². The molecule has 0 radical (unpaired) electrons. The van der Waals surface area contributed by atoms with Gasteiger partial charge >= 0.3 is 0 Å². The summed E-state index contributed by atoms with van der Waals surface area (Å²) in [6, 6.07) is 0.973. The number of carbonyl (C=O) groups excluding carboxylic acids is 3. The predicted octanol–water partition coefficient (Wildman–Crippen LogP) is 1.73. The highest BCUT2D eigenvalue weighted by molar-refractivity contribution is 6.06. The van der Waals surface area contributed by atoms with Crippen molar-refractivity contribution in [3.05, 3.63) is 28.6 Å². The Morgan fingerprint density at radius 1 is 1.13 bits per heavy atom. The van der Waals surface area contributed by atoms with Gasteiger partial charge in [0, 0.05) is 45.2 Å². The largest absolute Gasteiger partial charge is 0.369 e. The molecule has 1 unspecified atom stereocenters. The number of rotatable bonds is 5. The molecule has 168 valence electrons. The number of nitrogens with one attached hydrogen (secondary N) is 1. The number of fused-ring (bicyclic) bond motifs is 1. The van der Waals surface area contributed by atoms with Crippen LogP contribution >= 0.6 is 0 Å². The van der Waals surface area contributed by atoms with Gasteiger partial charge in [0.1, 0.15) is 6.04 Å². The molecule has 3 aliphatic rings. The van der Waals surface area contributed by atoms with Gasteiger partial charge in [0.25, 0.3) is 5.91 Å². The van der Waals surface area contributed by atoms with Crippen LogP contribution < -0.4 is 10.2 Å². The molecule has 2 fully saturated rings. The van der Waals surface area contributed by atoms with Gasteiger partial charge in [-0.3, -0.25) is 19.7 Å². The first-order valence-electron chi connectivity index (χ1n) is 10.6. The number of benzene rings is 1. The molecule has 0 saturated carbocycles. The Morgan fingerprint density at radius 2 is 1.81 bits per heavy atom. The van der Waals surface area contributed by atoms with E-state index in [1.54, 1.807) is 27.2 Å². The lowest BCUT2D eigenvalue weighted by atomic mass is 9.94. The zero-order valence-corrected chi connectivity index (χ0v) is 18.1. The second kappa shape index (κ2) is 8.55. The Kier molecular flexibility index (Phi) is 5.98. The van der Waals surface area contributed by atoms with Gasteiger partial charge in [-0.25, -0.2) is 4.39 Å². The number of halogens is 1. The summed E-state index contributed by atoms with van der Waals surface area (Å²) in [5.41, 5.74) is 1.84. The smallest absolute Gasteiger partial charge is 0.255 e. The molecule has 0 spiro atoms. The second-order valence-electron chi connectivity index (χ2n) is 8.44. The van der Waals surface area contributed by atoms with Crippen molar-refractivity contribution in [1.29, 1.82) is 0 Å². The summed E-state index contributed by atoms with van der Waals surface area (Å²) in [4.78, 5) is 40.1. The minimum atomic E-state index is -0.754. The van der Waals surface area contributed by atoms with Crippen LogP contribution in [0.3, 0.4) is 0 Å². The number of nitrogens with zero attached hydrogens (tertiary/aromatic N) is 2. The van der Waals surface area contributed by atoms with Gasteiger partial charge in [-0.15, -0.1) is 0 Å². The third-order valence-electron chi connectivity index (χ3n) is 6.66. The number of ether oxygens (including phenoxy) is 2.